The average molecular weight is 356 g/mol. The molecule has 7 nitrogen and oxygen atoms in total. The summed E-state index contributed by atoms with van der Waals surface area (Å²) in [5.74, 6) is 2.16. The summed E-state index contributed by atoms with van der Waals surface area (Å²) in [6.45, 7) is 3.25. The largest absolute Gasteiger partial charge is 0.497 e. The van der Waals surface area contributed by atoms with Crippen molar-refractivity contribution in [1.29, 1.82) is 0 Å². The number of rotatable bonds is 5. The quantitative estimate of drug-likeness (QED) is 0.823. The van der Waals surface area contributed by atoms with E-state index in [-0.39, 0.29) is 11.7 Å². The molecule has 138 valence electrons. The summed E-state index contributed by atoms with van der Waals surface area (Å²) in [6, 6.07) is 5.27. The van der Waals surface area contributed by atoms with E-state index < -0.39 is 0 Å². The number of methoxy groups -OCH3 is 2. The molecule has 2 heterocycles. The summed E-state index contributed by atoms with van der Waals surface area (Å²) in [6.07, 6.45) is 3.44. The first-order valence-corrected chi connectivity index (χ1v) is 8.63. The van der Waals surface area contributed by atoms with Crippen LogP contribution in [0.15, 0.2) is 24.4 Å². The number of nitrogen functional groups attached to an aromatic ring is 1. The van der Waals surface area contributed by atoms with Gasteiger partial charge in [0, 0.05) is 36.8 Å². The van der Waals surface area contributed by atoms with Crippen molar-refractivity contribution in [1.82, 2.24) is 9.97 Å². The van der Waals surface area contributed by atoms with Crippen molar-refractivity contribution < 1.29 is 14.3 Å². The van der Waals surface area contributed by atoms with Gasteiger partial charge in [-0.2, -0.15) is 4.98 Å². The summed E-state index contributed by atoms with van der Waals surface area (Å²) in [4.78, 5) is 23.8. The second-order valence-corrected chi connectivity index (χ2v) is 6.45. The van der Waals surface area contributed by atoms with Gasteiger partial charge in [0.25, 0.3) is 0 Å². The van der Waals surface area contributed by atoms with Crippen molar-refractivity contribution >= 4 is 17.5 Å². The third kappa shape index (κ3) is 3.56. The fourth-order valence-corrected chi connectivity index (χ4v) is 3.19. The van der Waals surface area contributed by atoms with Crippen molar-refractivity contribution in [2.24, 2.45) is 5.92 Å². The number of anilines is 2. The predicted molar refractivity (Wildman–Crippen MR) is 100.0 cm³/mol. The first-order valence-electron chi connectivity index (χ1n) is 8.63. The van der Waals surface area contributed by atoms with Gasteiger partial charge < -0.3 is 20.1 Å². The van der Waals surface area contributed by atoms with Crippen LogP contribution in [-0.4, -0.2) is 43.1 Å². The highest BCUT2D eigenvalue weighted by atomic mass is 16.5. The Morgan fingerprint density at radius 1 is 1.31 bits per heavy atom. The molecule has 1 fully saturated rings. The molecule has 0 bridgehead atoms. The smallest absolute Gasteiger partial charge is 0.227 e. The Morgan fingerprint density at radius 2 is 2.12 bits per heavy atom. The van der Waals surface area contributed by atoms with Crippen LogP contribution in [0.2, 0.25) is 0 Å². The number of ketones is 1. The molecule has 0 spiro atoms. The number of nitrogens with two attached hydrogens (primary N) is 1. The molecule has 1 aliphatic heterocycles. The maximum absolute atomic E-state index is 13.1. The molecule has 3 rings (SSSR count). The first-order chi connectivity index (χ1) is 12.5. The van der Waals surface area contributed by atoms with Crippen molar-refractivity contribution in [3.8, 4) is 11.5 Å². The van der Waals surface area contributed by atoms with Gasteiger partial charge in [0.2, 0.25) is 5.95 Å². The van der Waals surface area contributed by atoms with Gasteiger partial charge in [-0.25, -0.2) is 4.98 Å². The Balaban J connectivity index is 1.81. The van der Waals surface area contributed by atoms with Crippen molar-refractivity contribution in [3.05, 3.63) is 35.5 Å². The van der Waals surface area contributed by atoms with E-state index in [1.165, 1.54) is 0 Å². The normalized spacial score (nSPS) is 17.0. The van der Waals surface area contributed by atoms with E-state index in [1.54, 1.807) is 38.6 Å². The number of benzene rings is 1. The maximum atomic E-state index is 13.1. The molecule has 1 aliphatic rings. The molecule has 2 aromatic rings. The van der Waals surface area contributed by atoms with Gasteiger partial charge in [-0.05, 0) is 31.9 Å². The second kappa shape index (κ2) is 7.59. The molecule has 2 N–H and O–H groups in total. The van der Waals surface area contributed by atoms with Crippen LogP contribution in [0.3, 0.4) is 0 Å². The minimum Gasteiger partial charge on any atom is -0.497 e. The average Bonchev–Trinajstić information content (AvgIpc) is 2.69. The molecule has 0 unspecified atom stereocenters. The highest BCUT2D eigenvalue weighted by Crippen LogP contribution is 2.30. The van der Waals surface area contributed by atoms with Gasteiger partial charge in [-0.1, -0.05) is 0 Å². The van der Waals surface area contributed by atoms with Gasteiger partial charge in [-0.15, -0.1) is 0 Å². The number of carbonyl (C=O) groups excluding carboxylic acids is 1. The topological polar surface area (TPSA) is 90.6 Å². The van der Waals surface area contributed by atoms with Crippen LogP contribution in [0.25, 0.3) is 0 Å². The van der Waals surface area contributed by atoms with E-state index >= 15 is 0 Å². The van der Waals surface area contributed by atoms with Crippen LogP contribution in [0, 0.1) is 12.8 Å². The molecular weight excluding hydrogens is 332 g/mol. The summed E-state index contributed by atoms with van der Waals surface area (Å²) >= 11 is 0. The summed E-state index contributed by atoms with van der Waals surface area (Å²) in [7, 11) is 3.14. The van der Waals surface area contributed by atoms with E-state index in [2.05, 4.69) is 9.97 Å². The number of nitrogens with zero attached hydrogens (tertiary/aromatic N) is 3. The van der Waals surface area contributed by atoms with Gasteiger partial charge in [-0.3, -0.25) is 4.79 Å². The molecule has 1 aromatic carbocycles. The van der Waals surface area contributed by atoms with E-state index in [9.17, 15) is 4.79 Å². The van der Waals surface area contributed by atoms with Crippen molar-refractivity contribution in [3.63, 3.8) is 0 Å². The molecule has 0 saturated carbocycles. The van der Waals surface area contributed by atoms with Gasteiger partial charge in [0.1, 0.15) is 17.3 Å². The van der Waals surface area contributed by atoms with E-state index in [1.807, 2.05) is 11.8 Å². The fourth-order valence-electron chi connectivity index (χ4n) is 3.19. The highest BCUT2D eigenvalue weighted by molar-refractivity contribution is 6.00. The maximum Gasteiger partial charge on any atom is 0.227 e. The van der Waals surface area contributed by atoms with Crippen LogP contribution in [0.5, 0.6) is 11.5 Å². The van der Waals surface area contributed by atoms with E-state index in [0.717, 1.165) is 24.9 Å². The lowest BCUT2D eigenvalue weighted by molar-refractivity contribution is 0.0903. The summed E-state index contributed by atoms with van der Waals surface area (Å²) in [5, 5.41) is 0. The Labute approximate surface area is 153 Å². The lowest BCUT2D eigenvalue weighted by Gasteiger charge is -2.32. The lowest BCUT2D eigenvalue weighted by atomic mass is 9.89. The third-order valence-corrected chi connectivity index (χ3v) is 4.75. The van der Waals surface area contributed by atoms with Crippen molar-refractivity contribution in [2.45, 2.75) is 19.8 Å². The van der Waals surface area contributed by atoms with Gasteiger partial charge >= 0.3 is 0 Å². The number of ether oxygens (including phenoxy) is 2. The fraction of sp³-hybridized carbons (Fsp3) is 0.421. The van der Waals surface area contributed by atoms with Crippen LogP contribution < -0.4 is 20.1 Å². The number of hydrogen-bond acceptors (Lipinski definition) is 7. The number of Topliss-reactive ketones (excluding diaryl/α,β-unsaturated/α-hetero) is 1. The molecule has 26 heavy (non-hydrogen) atoms. The van der Waals surface area contributed by atoms with E-state index in [4.69, 9.17) is 15.2 Å². The zero-order valence-electron chi connectivity index (χ0n) is 15.4. The third-order valence-electron chi connectivity index (χ3n) is 4.75. The highest BCUT2D eigenvalue weighted by Gasteiger charge is 2.29. The molecule has 0 radical (unpaired) electrons. The standard InChI is InChI=1S/C19H24N4O3/c1-12-10-21-19(22-18(12)20)23-8-4-5-13(11-23)17(24)15-7-6-14(25-2)9-16(15)26-3/h6-7,9-10,13H,4-5,8,11H2,1-3H3,(H2,20,21,22)/t13-/m1/s1. The number of carbonyl (C=O) groups is 1. The van der Waals surface area contributed by atoms with Gasteiger partial charge in [0.15, 0.2) is 5.78 Å². The Bertz CT molecular complexity index is 809. The number of hydrogen-bond donors (Lipinski definition) is 1. The minimum absolute atomic E-state index is 0.0642. The molecule has 7 heteroatoms. The number of aromatic nitrogens is 2. The lowest BCUT2D eigenvalue weighted by Crippen LogP contribution is -2.39. The summed E-state index contributed by atoms with van der Waals surface area (Å²) in [5.41, 5.74) is 7.33. The summed E-state index contributed by atoms with van der Waals surface area (Å²) < 4.78 is 10.6. The second-order valence-electron chi connectivity index (χ2n) is 6.45. The van der Waals surface area contributed by atoms with Crippen LogP contribution in [0.4, 0.5) is 11.8 Å². The molecule has 1 atom stereocenters. The SMILES string of the molecule is COc1ccc(C(=O)[C@@H]2CCCN(c3ncc(C)c(N)n3)C2)c(OC)c1. The Kier molecular flexibility index (Phi) is 5.25. The molecule has 1 aromatic heterocycles. The van der Waals surface area contributed by atoms with Gasteiger partial charge in [0.05, 0.1) is 19.8 Å². The monoisotopic (exact) mass is 356 g/mol. The zero-order chi connectivity index (χ0) is 18.7. The zero-order valence-corrected chi connectivity index (χ0v) is 15.4. The van der Waals surface area contributed by atoms with Crippen LogP contribution >= 0.6 is 0 Å². The molecular formula is C19H24N4O3. The minimum atomic E-state index is -0.142. The first kappa shape index (κ1) is 18.0. The number of piperidine rings is 1. The predicted octanol–water partition coefficient (Wildman–Crippen LogP) is 2.48. The Morgan fingerprint density at radius 3 is 2.81 bits per heavy atom. The van der Waals surface area contributed by atoms with Crippen molar-refractivity contribution in [2.75, 3.05) is 37.9 Å². The molecule has 0 amide bonds. The van der Waals surface area contributed by atoms with E-state index in [0.29, 0.717) is 35.4 Å². The molecule has 0 aliphatic carbocycles. The Hall–Kier alpha value is -2.83. The van der Waals surface area contributed by atoms with Crippen LogP contribution in [-0.2, 0) is 0 Å². The number of aryl methyl sites for hydroxylation is 1. The molecule has 1 saturated heterocycles. The van der Waals surface area contributed by atoms with Crippen LogP contribution in [0.1, 0.15) is 28.8 Å².